The molecule has 138 valence electrons. The molecule has 1 N–H and O–H groups in total. The van der Waals surface area contributed by atoms with Crippen molar-refractivity contribution in [3.05, 3.63) is 76.1 Å². The molecule has 1 heterocycles. The van der Waals surface area contributed by atoms with Crippen molar-refractivity contribution in [3.8, 4) is 5.75 Å². The van der Waals surface area contributed by atoms with Gasteiger partial charge in [-0.25, -0.2) is 9.59 Å². The van der Waals surface area contributed by atoms with Crippen LogP contribution in [0.1, 0.15) is 20.7 Å². The van der Waals surface area contributed by atoms with Gasteiger partial charge in [0.15, 0.2) is 0 Å². The van der Waals surface area contributed by atoms with Gasteiger partial charge in [0, 0.05) is 5.39 Å². The first-order chi connectivity index (χ1) is 13.1. The maximum atomic E-state index is 12.2. The topological polar surface area (TPSA) is 94.8 Å². The second-order valence-corrected chi connectivity index (χ2v) is 5.61. The number of para-hydroxylation sites is 1. The predicted octanol–water partition coefficient (Wildman–Crippen LogP) is 2.39. The Hall–Kier alpha value is -3.61. The molecule has 1 aromatic heterocycles. The van der Waals surface area contributed by atoms with Crippen LogP contribution >= 0.6 is 0 Å². The van der Waals surface area contributed by atoms with Crippen molar-refractivity contribution in [2.24, 2.45) is 0 Å². The number of amides is 1. The minimum Gasteiger partial charge on any atom is -0.492 e. The van der Waals surface area contributed by atoms with E-state index in [9.17, 15) is 14.4 Å². The SMILES string of the molecule is COC(=O)c1cccc(OCCNC(=O)c2cc3ccccc3oc2=O)c1. The molecule has 1 amide bonds. The van der Waals surface area contributed by atoms with Crippen LogP contribution in [-0.2, 0) is 4.74 Å². The summed E-state index contributed by atoms with van der Waals surface area (Å²) < 4.78 is 15.3. The molecule has 0 aliphatic rings. The third-order valence-electron chi connectivity index (χ3n) is 3.80. The molecule has 0 fully saturated rings. The summed E-state index contributed by atoms with van der Waals surface area (Å²) in [6, 6.07) is 15.0. The van der Waals surface area contributed by atoms with Crippen molar-refractivity contribution < 1.29 is 23.5 Å². The maximum absolute atomic E-state index is 12.2. The lowest BCUT2D eigenvalue weighted by Gasteiger charge is -2.08. The Balaban J connectivity index is 1.58. The van der Waals surface area contributed by atoms with Gasteiger partial charge in [0.2, 0.25) is 0 Å². The van der Waals surface area contributed by atoms with Gasteiger partial charge in [-0.15, -0.1) is 0 Å². The highest BCUT2D eigenvalue weighted by molar-refractivity contribution is 5.96. The fourth-order valence-corrected chi connectivity index (χ4v) is 2.48. The van der Waals surface area contributed by atoms with Gasteiger partial charge in [-0.3, -0.25) is 4.79 Å². The summed E-state index contributed by atoms with van der Waals surface area (Å²) in [7, 11) is 1.30. The Morgan fingerprint density at radius 2 is 1.89 bits per heavy atom. The highest BCUT2D eigenvalue weighted by Crippen LogP contribution is 2.14. The van der Waals surface area contributed by atoms with Crippen LogP contribution in [0.15, 0.2) is 63.8 Å². The van der Waals surface area contributed by atoms with Crippen molar-refractivity contribution in [1.29, 1.82) is 0 Å². The number of carbonyl (C=O) groups is 2. The van der Waals surface area contributed by atoms with Crippen LogP contribution in [0.5, 0.6) is 5.75 Å². The fraction of sp³-hybridized carbons (Fsp3) is 0.150. The summed E-state index contributed by atoms with van der Waals surface area (Å²) in [5.74, 6) is -0.532. The van der Waals surface area contributed by atoms with E-state index in [1.165, 1.54) is 13.2 Å². The van der Waals surface area contributed by atoms with E-state index in [1.54, 1.807) is 48.5 Å². The lowest BCUT2D eigenvalue weighted by molar-refractivity contribution is 0.0600. The van der Waals surface area contributed by atoms with E-state index in [0.717, 1.165) is 0 Å². The lowest BCUT2D eigenvalue weighted by atomic mass is 10.2. The van der Waals surface area contributed by atoms with E-state index in [1.807, 2.05) is 0 Å². The first-order valence-corrected chi connectivity index (χ1v) is 8.21. The number of hydrogen-bond donors (Lipinski definition) is 1. The number of ether oxygens (including phenoxy) is 2. The molecular weight excluding hydrogens is 350 g/mol. The first-order valence-electron chi connectivity index (χ1n) is 8.21. The fourth-order valence-electron chi connectivity index (χ4n) is 2.48. The Bertz CT molecular complexity index is 1040. The number of fused-ring (bicyclic) bond motifs is 1. The maximum Gasteiger partial charge on any atom is 0.349 e. The van der Waals surface area contributed by atoms with Gasteiger partial charge in [-0.2, -0.15) is 0 Å². The zero-order valence-corrected chi connectivity index (χ0v) is 14.6. The average Bonchev–Trinajstić information content (AvgIpc) is 2.70. The third kappa shape index (κ3) is 4.33. The van der Waals surface area contributed by atoms with E-state index < -0.39 is 17.5 Å². The monoisotopic (exact) mass is 367 g/mol. The second-order valence-electron chi connectivity index (χ2n) is 5.61. The molecule has 0 spiro atoms. The molecule has 2 aromatic carbocycles. The molecule has 3 rings (SSSR count). The van der Waals surface area contributed by atoms with Crippen LogP contribution < -0.4 is 15.7 Å². The highest BCUT2D eigenvalue weighted by Gasteiger charge is 2.13. The zero-order chi connectivity index (χ0) is 19.2. The molecule has 0 bridgehead atoms. The molecule has 0 aliphatic heterocycles. The molecule has 0 saturated heterocycles. The largest absolute Gasteiger partial charge is 0.492 e. The molecule has 0 aliphatic carbocycles. The molecule has 7 nitrogen and oxygen atoms in total. The molecule has 0 radical (unpaired) electrons. The summed E-state index contributed by atoms with van der Waals surface area (Å²) in [4.78, 5) is 35.7. The van der Waals surface area contributed by atoms with Crippen LogP contribution in [0, 0.1) is 0 Å². The van der Waals surface area contributed by atoms with E-state index in [-0.39, 0.29) is 18.7 Å². The van der Waals surface area contributed by atoms with Crippen LogP contribution in [0.3, 0.4) is 0 Å². The average molecular weight is 367 g/mol. The number of rotatable bonds is 6. The van der Waals surface area contributed by atoms with Crippen molar-refractivity contribution in [1.82, 2.24) is 5.32 Å². The van der Waals surface area contributed by atoms with E-state index in [4.69, 9.17) is 9.15 Å². The van der Waals surface area contributed by atoms with Gasteiger partial charge in [0.1, 0.15) is 23.5 Å². The zero-order valence-electron chi connectivity index (χ0n) is 14.6. The first kappa shape index (κ1) is 18.2. The smallest absolute Gasteiger partial charge is 0.349 e. The molecule has 0 saturated carbocycles. The Labute approximate surface area is 154 Å². The van der Waals surface area contributed by atoms with Crippen LogP contribution in [0.25, 0.3) is 11.0 Å². The van der Waals surface area contributed by atoms with Gasteiger partial charge < -0.3 is 19.2 Å². The summed E-state index contributed by atoms with van der Waals surface area (Å²) in [5, 5.41) is 3.27. The quantitative estimate of drug-likeness (QED) is 0.408. The van der Waals surface area contributed by atoms with Crippen molar-refractivity contribution in [2.75, 3.05) is 20.3 Å². The number of carbonyl (C=O) groups excluding carboxylic acids is 2. The normalized spacial score (nSPS) is 10.4. The lowest BCUT2D eigenvalue weighted by Crippen LogP contribution is -2.31. The van der Waals surface area contributed by atoms with Crippen molar-refractivity contribution in [3.63, 3.8) is 0 Å². The highest BCUT2D eigenvalue weighted by atomic mass is 16.5. The number of nitrogens with one attached hydrogen (secondary N) is 1. The number of hydrogen-bond acceptors (Lipinski definition) is 6. The third-order valence-corrected chi connectivity index (χ3v) is 3.80. The minimum absolute atomic E-state index is 0.0682. The minimum atomic E-state index is -0.696. The molecule has 0 atom stereocenters. The number of esters is 1. The van der Waals surface area contributed by atoms with Crippen molar-refractivity contribution >= 4 is 22.8 Å². The summed E-state index contributed by atoms with van der Waals surface area (Å²) in [6.07, 6.45) is 0. The van der Waals surface area contributed by atoms with E-state index in [2.05, 4.69) is 10.1 Å². The Kier molecular flexibility index (Phi) is 5.51. The molecule has 7 heteroatoms. The van der Waals surface area contributed by atoms with Gasteiger partial charge in [-0.1, -0.05) is 24.3 Å². The molecular formula is C20H17NO6. The van der Waals surface area contributed by atoms with Gasteiger partial charge in [0.25, 0.3) is 5.91 Å². The van der Waals surface area contributed by atoms with E-state index >= 15 is 0 Å². The molecule has 3 aromatic rings. The van der Waals surface area contributed by atoms with Gasteiger partial charge >= 0.3 is 11.6 Å². The van der Waals surface area contributed by atoms with Gasteiger partial charge in [0.05, 0.1) is 19.2 Å². The summed E-state index contributed by atoms with van der Waals surface area (Å²) in [5.41, 5.74) is 0.0277. The Morgan fingerprint density at radius 3 is 2.70 bits per heavy atom. The standard InChI is InChI=1S/C20H17NO6/c1-25-19(23)14-6-4-7-15(11-14)26-10-9-21-18(22)16-12-13-5-2-3-8-17(13)27-20(16)24/h2-8,11-12H,9-10H2,1H3,(H,21,22). The Morgan fingerprint density at radius 1 is 1.07 bits per heavy atom. The second kappa shape index (κ2) is 8.18. The van der Waals surface area contributed by atoms with Crippen molar-refractivity contribution in [2.45, 2.75) is 0 Å². The number of methoxy groups -OCH3 is 1. The van der Waals surface area contributed by atoms with Gasteiger partial charge in [-0.05, 0) is 30.3 Å². The molecule has 27 heavy (non-hydrogen) atoms. The number of benzene rings is 2. The van der Waals surface area contributed by atoms with E-state index in [0.29, 0.717) is 22.3 Å². The van der Waals surface area contributed by atoms with Crippen LogP contribution in [0.4, 0.5) is 0 Å². The van der Waals surface area contributed by atoms with Crippen LogP contribution in [-0.4, -0.2) is 32.1 Å². The summed E-state index contributed by atoms with van der Waals surface area (Å²) >= 11 is 0. The predicted molar refractivity (Wildman–Crippen MR) is 98.1 cm³/mol. The molecule has 0 unspecified atom stereocenters. The summed E-state index contributed by atoms with van der Waals surface area (Å²) in [6.45, 7) is 0.336. The van der Waals surface area contributed by atoms with Crippen LogP contribution in [0.2, 0.25) is 0 Å².